The van der Waals surface area contributed by atoms with E-state index in [1.54, 1.807) is 7.11 Å². The normalized spacial score (nSPS) is 16.9. The molecule has 0 saturated heterocycles. The van der Waals surface area contributed by atoms with Crippen LogP contribution in [0.25, 0.3) is 0 Å². The molecule has 0 atom stereocenters. The van der Waals surface area contributed by atoms with Crippen molar-refractivity contribution >= 4 is 5.69 Å². The molecule has 2 rings (SSSR count). The summed E-state index contributed by atoms with van der Waals surface area (Å²) in [4.78, 5) is 2.33. The lowest BCUT2D eigenvalue weighted by atomic mass is 10.0. The first-order chi connectivity index (χ1) is 7.20. The Morgan fingerprint density at radius 3 is 2.87 bits per heavy atom. The van der Waals surface area contributed by atoms with Gasteiger partial charge < -0.3 is 15.4 Å². The van der Waals surface area contributed by atoms with Crippen LogP contribution < -0.4 is 10.5 Å². The Labute approximate surface area is 90.8 Å². The summed E-state index contributed by atoms with van der Waals surface area (Å²) in [7, 11) is 3.82. The molecule has 0 aliphatic carbocycles. The number of nitrogens with two attached hydrogens (primary N) is 1. The van der Waals surface area contributed by atoms with Gasteiger partial charge in [-0.2, -0.15) is 0 Å². The van der Waals surface area contributed by atoms with Crippen molar-refractivity contribution in [2.24, 2.45) is 0 Å². The molecule has 0 bridgehead atoms. The highest BCUT2D eigenvalue weighted by molar-refractivity contribution is 5.57. The quantitative estimate of drug-likeness (QED) is 0.710. The molecule has 0 aromatic heterocycles. The predicted molar refractivity (Wildman–Crippen MR) is 62.1 cm³/mol. The number of rotatable bonds is 1. The van der Waals surface area contributed by atoms with Crippen LogP contribution in [0.15, 0.2) is 12.1 Å². The Morgan fingerprint density at radius 1 is 1.33 bits per heavy atom. The molecule has 0 unspecified atom stereocenters. The van der Waals surface area contributed by atoms with Crippen molar-refractivity contribution in [1.29, 1.82) is 0 Å². The average Bonchev–Trinajstić information content (AvgIpc) is 2.37. The van der Waals surface area contributed by atoms with Crippen LogP contribution in [0.2, 0.25) is 0 Å². The lowest BCUT2D eigenvalue weighted by Crippen LogP contribution is -2.17. The van der Waals surface area contributed by atoms with Crippen molar-refractivity contribution in [1.82, 2.24) is 4.90 Å². The van der Waals surface area contributed by atoms with Gasteiger partial charge in [0, 0.05) is 6.54 Å². The minimum Gasteiger partial charge on any atom is -0.495 e. The Morgan fingerprint density at radius 2 is 2.13 bits per heavy atom. The van der Waals surface area contributed by atoms with Gasteiger partial charge in [-0.1, -0.05) is 0 Å². The molecular weight excluding hydrogens is 188 g/mol. The molecular formula is C12H18N2O. The molecule has 0 fully saturated rings. The van der Waals surface area contributed by atoms with Crippen LogP contribution in [0.3, 0.4) is 0 Å². The summed E-state index contributed by atoms with van der Waals surface area (Å²) in [6.07, 6.45) is 2.32. The van der Waals surface area contributed by atoms with Gasteiger partial charge in [-0.25, -0.2) is 0 Å². The molecule has 1 aliphatic heterocycles. The second-order valence-corrected chi connectivity index (χ2v) is 4.20. The number of ether oxygens (including phenoxy) is 1. The summed E-state index contributed by atoms with van der Waals surface area (Å²) in [6, 6.07) is 4.14. The van der Waals surface area contributed by atoms with Crippen LogP contribution in [0.5, 0.6) is 5.75 Å². The van der Waals surface area contributed by atoms with Crippen molar-refractivity contribution in [2.75, 3.05) is 26.4 Å². The zero-order valence-electron chi connectivity index (χ0n) is 9.42. The van der Waals surface area contributed by atoms with Crippen LogP contribution in [0, 0.1) is 0 Å². The third-order valence-corrected chi connectivity index (χ3v) is 2.98. The monoisotopic (exact) mass is 206 g/mol. The lowest BCUT2D eigenvalue weighted by molar-refractivity contribution is 0.331. The van der Waals surface area contributed by atoms with Crippen LogP contribution >= 0.6 is 0 Å². The predicted octanol–water partition coefficient (Wildman–Crippen LogP) is 1.66. The molecule has 82 valence electrons. The van der Waals surface area contributed by atoms with Crippen molar-refractivity contribution in [3.63, 3.8) is 0 Å². The van der Waals surface area contributed by atoms with Gasteiger partial charge in [0.25, 0.3) is 0 Å². The van der Waals surface area contributed by atoms with E-state index in [4.69, 9.17) is 10.5 Å². The maximum atomic E-state index is 5.90. The highest BCUT2D eigenvalue weighted by Crippen LogP contribution is 2.28. The minimum absolute atomic E-state index is 0.751. The summed E-state index contributed by atoms with van der Waals surface area (Å²) in [5.74, 6) is 0.795. The fourth-order valence-corrected chi connectivity index (χ4v) is 2.15. The molecule has 1 aliphatic rings. The standard InChI is InChI=1S/C12H18N2O/c1-14-5-3-4-9-6-11(13)12(15-2)7-10(9)8-14/h6-7H,3-5,8,13H2,1-2H3. The number of methoxy groups -OCH3 is 1. The third kappa shape index (κ3) is 2.07. The number of aryl methyl sites for hydroxylation is 1. The maximum absolute atomic E-state index is 5.90. The zero-order valence-corrected chi connectivity index (χ0v) is 9.42. The summed E-state index contributed by atoms with van der Waals surface area (Å²) in [5, 5.41) is 0. The molecule has 2 N–H and O–H groups in total. The first-order valence-electron chi connectivity index (χ1n) is 5.34. The van der Waals surface area contributed by atoms with E-state index >= 15 is 0 Å². The molecule has 3 heteroatoms. The maximum Gasteiger partial charge on any atom is 0.142 e. The zero-order chi connectivity index (χ0) is 10.8. The first-order valence-corrected chi connectivity index (χ1v) is 5.34. The summed E-state index contributed by atoms with van der Waals surface area (Å²) in [5.41, 5.74) is 9.37. The fourth-order valence-electron chi connectivity index (χ4n) is 2.15. The smallest absolute Gasteiger partial charge is 0.142 e. The number of fused-ring (bicyclic) bond motifs is 1. The van der Waals surface area contributed by atoms with Crippen molar-refractivity contribution in [3.05, 3.63) is 23.3 Å². The molecule has 3 nitrogen and oxygen atoms in total. The number of nitrogen functional groups attached to an aromatic ring is 1. The Hall–Kier alpha value is -1.22. The van der Waals surface area contributed by atoms with Crippen LogP contribution in [-0.2, 0) is 13.0 Å². The Kier molecular flexibility index (Phi) is 2.82. The number of nitrogens with zero attached hydrogens (tertiary/aromatic N) is 1. The van der Waals surface area contributed by atoms with Crippen LogP contribution in [0.4, 0.5) is 5.69 Å². The van der Waals surface area contributed by atoms with Crippen molar-refractivity contribution < 1.29 is 4.74 Å². The van der Waals surface area contributed by atoms with Gasteiger partial charge in [0.1, 0.15) is 5.75 Å². The van der Waals surface area contributed by atoms with Gasteiger partial charge >= 0.3 is 0 Å². The van der Waals surface area contributed by atoms with E-state index in [1.807, 2.05) is 0 Å². The van der Waals surface area contributed by atoms with Gasteiger partial charge in [-0.15, -0.1) is 0 Å². The van der Waals surface area contributed by atoms with E-state index in [2.05, 4.69) is 24.1 Å². The van der Waals surface area contributed by atoms with Crippen LogP contribution in [0.1, 0.15) is 17.5 Å². The highest BCUT2D eigenvalue weighted by atomic mass is 16.5. The second kappa shape index (κ2) is 4.11. The van der Waals surface area contributed by atoms with E-state index in [1.165, 1.54) is 17.5 Å². The van der Waals surface area contributed by atoms with E-state index in [0.29, 0.717) is 0 Å². The third-order valence-electron chi connectivity index (χ3n) is 2.98. The van der Waals surface area contributed by atoms with Gasteiger partial charge in [-0.05, 0) is 49.7 Å². The molecule has 15 heavy (non-hydrogen) atoms. The molecule has 1 aromatic rings. The van der Waals surface area contributed by atoms with E-state index in [9.17, 15) is 0 Å². The van der Waals surface area contributed by atoms with E-state index in [-0.39, 0.29) is 0 Å². The van der Waals surface area contributed by atoms with Crippen LogP contribution in [-0.4, -0.2) is 25.6 Å². The minimum atomic E-state index is 0.751. The molecule has 0 radical (unpaired) electrons. The summed E-state index contributed by atoms with van der Waals surface area (Å²) in [6.45, 7) is 2.14. The lowest BCUT2D eigenvalue weighted by Gasteiger charge is -2.15. The summed E-state index contributed by atoms with van der Waals surface area (Å²) < 4.78 is 5.24. The van der Waals surface area contributed by atoms with E-state index in [0.717, 1.165) is 30.9 Å². The van der Waals surface area contributed by atoms with Crippen molar-refractivity contribution in [2.45, 2.75) is 19.4 Å². The number of anilines is 1. The number of benzene rings is 1. The molecule has 0 spiro atoms. The molecule has 1 heterocycles. The first kappa shape index (κ1) is 10.3. The van der Waals surface area contributed by atoms with Gasteiger partial charge in [0.15, 0.2) is 0 Å². The van der Waals surface area contributed by atoms with Gasteiger partial charge in [0.2, 0.25) is 0 Å². The summed E-state index contributed by atoms with van der Waals surface area (Å²) >= 11 is 0. The van der Waals surface area contributed by atoms with E-state index < -0.39 is 0 Å². The second-order valence-electron chi connectivity index (χ2n) is 4.20. The van der Waals surface area contributed by atoms with Gasteiger partial charge in [-0.3, -0.25) is 0 Å². The molecule has 0 saturated carbocycles. The highest BCUT2D eigenvalue weighted by Gasteiger charge is 2.13. The largest absolute Gasteiger partial charge is 0.495 e. The Bertz CT molecular complexity index is 363. The average molecular weight is 206 g/mol. The van der Waals surface area contributed by atoms with Gasteiger partial charge in [0.05, 0.1) is 12.8 Å². The molecule has 1 aromatic carbocycles. The Balaban J connectivity index is 2.40. The fraction of sp³-hybridized carbons (Fsp3) is 0.500. The number of hydrogen-bond acceptors (Lipinski definition) is 3. The van der Waals surface area contributed by atoms with Crippen molar-refractivity contribution in [3.8, 4) is 5.75 Å². The SMILES string of the molecule is COc1cc2c(cc1N)CCCN(C)C2. The number of hydrogen-bond donors (Lipinski definition) is 1. The topological polar surface area (TPSA) is 38.5 Å². The molecule has 0 amide bonds.